The first-order valence-corrected chi connectivity index (χ1v) is 12.4. The molecule has 8 nitrogen and oxygen atoms in total. The number of fused-ring (bicyclic) bond motifs is 1. The van der Waals surface area contributed by atoms with Crippen LogP contribution in [-0.2, 0) is 9.59 Å². The van der Waals surface area contributed by atoms with Crippen LogP contribution in [0.15, 0.2) is 36.5 Å². The number of nitrogens with one attached hydrogen (secondary N) is 2. The quantitative estimate of drug-likeness (QED) is 0.326. The molecule has 0 aliphatic rings. The number of aromatic nitrogens is 3. The van der Waals surface area contributed by atoms with Gasteiger partial charge in [0.1, 0.15) is 17.4 Å². The topological polar surface area (TPSA) is 100 Å². The average molecular weight is 480 g/mol. The highest BCUT2D eigenvalue weighted by atomic mass is 16.5. The van der Waals surface area contributed by atoms with Gasteiger partial charge in [-0.15, -0.1) is 0 Å². The number of pyridine rings is 1. The maximum atomic E-state index is 12.6. The Labute approximate surface area is 207 Å². The summed E-state index contributed by atoms with van der Waals surface area (Å²) in [5.74, 6) is 1.74. The summed E-state index contributed by atoms with van der Waals surface area (Å²) in [7, 11) is 5.55. The molecule has 0 aliphatic carbocycles. The number of rotatable bonds is 14. The van der Waals surface area contributed by atoms with E-state index >= 15 is 0 Å². The lowest BCUT2D eigenvalue weighted by atomic mass is 10.0. The Hall–Kier alpha value is -3.26. The van der Waals surface area contributed by atoms with Crippen molar-refractivity contribution < 1.29 is 14.3 Å². The molecule has 1 atom stereocenters. The molecule has 0 saturated carbocycles. The van der Waals surface area contributed by atoms with Crippen LogP contribution in [-0.4, -0.2) is 59.3 Å². The zero-order valence-electron chi connectivity index (χ0n) is 21.3. The summed E-state index contributed by atoms with van der Waals surface area (Å²) in [6.45, 7) is 2.58. The first-order chi connectivity index (χ1) is 16.9. The lowest BCUT2D eigenvalue weighted by molar-refractivity contribution is -0.122. The van der Waals surface area contributed by atoms with E-state index in [0.29, 0.717) is 37.4 Å². The van der Waals surface area contributed by atoms with Crippen molar-refractivity contribution in [2.75, 3.05) is 27.7 Å². The Balaban J connectivity index is 1.76. The smallest absolute Gasteiger partial charge is 0.221 e. The van der Waals surface area contributed by atoms with E-state index in [2.05, 4.69) is 15.3 Å². The zero-order chi connectivity index (χ0) is 25.2. The van der Waals surface area contributed by atoms with Gasteiger partial charge in [0.05, 0.1) is 36.3 Å². The van der Waals surface area contributed by atoms with Gasteiger partial charge < -0.3 is 19.9 Å². The van der Waals surface area contributed by atoms with Crippen molar-refractivity contribution in [3.8, 4) is 17.1 Å². The van der Waals surface area contributed by atoms with Crippen molar-refractivity contribution in [1.82, 2.24) is 25.2 Å². The molecule has 2 heterocycles. The highest BCUT2D eigenvalue weighted by molar-refractivity contribution is 5.87. The number of amides is 1. The van der Waals surface area contributed by atoms with Crippen LogP contribution in [0.25, 0.3) is 22.3 Å². The third-order valence-corrected chi connectivity index (χ3v) is 6.06. The van der Waals surface area contributed by atoms with Crippen LogP contribution in [0.1, 0.15) is 63.7 Å². The third kappa shape index (κ3) is 7.62. The molecule has 8 heteroatoms. The summed E-state index contributed by atoms with van der Waals surface area (Å²) >= 11 is 0. The van der Waals surface area contributed by atoms with Gasteiger partial charge in [-0.3, -0.25) is 9.59 Å². The van der Waals surface area contributed by atoms with Crippen molar-refractivity contribution in [1.29, 1.82) is 0 Å². The van der Waals surface area contributed by atoms with E-state index in [1.807, 2.05) is 56.3 Å². The summed E-state index contributed by atoms with van der Waals surface area (Å²) in [5, 5.41) is 4.10. The van der Waals surface area contributed by atoms with E-state index in [-0.39, 0.29) is 11.9 Å². The Bertz CT molecular complexity index is 1120. The molecule has 1 aromatic carbocycles. The van der Waals surface area contributed by atoms with Crippen molar-refractivity contribution in [2.24, 2.45) is 0 Å². The van der Waals surface area contributed by atoms with Crippen LogP contribution in [0.2, 0.25) is 0 Å². The number of ether oxygens (including phenoxy) is 1. The van der Waals surface area contributed by atoms with Crippen molar-refractivity contribution in [3.05, 3.63) is 42.4 Å². The van der Waals surface area contributed by atoms with Crippen molar-refractivity contribution >= 4 is 22.6 Å². The molecule has 1 amide bonds. The zero-order valence-corrected chi connectivity index (χ0v) is 21.3. The minimum Gasteiger partial charge on any atom is -0.496 e. The molecule has 2 aromatic heterocycles. The minimum absolute atomic E-state index is 0.00619. The number of unbranched alkanes of at least 4 members (excludes halogenated alkanes) is 2. The van der Waals surface area contributed by atoms with Crippen LogP contribution in [0.4, 0.5) is 0 Å². The molecule has 3 rings (SSSR count). The molecule has 0 aliphatic heterocycles. The number of Topliss-reactive ketones (excluding diaryl/α,β-unsaturated/α-hetero) is 1. The molecule has 0 fully saturated rings. The Morgan fingerprint density at radius 1 is 1.14 bits per heavy atom. The van der Waals surface area contributed by atoms with E-state index < -0.39 is 0 Å². The second-order valence-electron chi connectivity index (χ2n) is 9.07. The molecule has 0 spiro atoms. The van der Waals surface area contributed by atoms with Gasteiger partial charge in [-0.2, -0.15) is 0 Å². The van der Waals surface area contributed by atoms with E-state index in [1.54, 1.807) is 13.3 Å². The number of carbonyl (C=O) groups is 2. The summed E-state index contributed by atoms with van der Waals surface area (Å²) in [6.07, 6.45) is 6.84. The van der Waals surface area contributed by atoms with Gasteiger partial charge >= 0.3 is 0 Å². The van der Waals surface area contributed by atoms with Gasteiger partial charge in [0.15, 0.2) is 0 Å². The fourth-order valence-corrected chi connectivity index (χ4v) is 3.99. The monoisotopic (exact) mass is 479 g/mol. The SMILES string of the molecule is CCC(=O)CCCCC[C@H](NC(=O)CCN(C)C)c1ncc(-c2cc(OC)c3ccccc3n2)[nH]1. The van der Waals surface area contributed by atoms with Crippen molar-refractivity contribution in [2.45, 2.75) is 57.9 Å². The maximum absolute atomic E-state index is 12.6. The number of nitrogens with zero attached hydrogens (tertiary/aromatic N) is 3. The van der Waals surface area contributed by atoms with E-state index in [4.69, 9.17) is 9.72 Å². The van der Waals surface area contributed by atoms with Gasteiger partial charge in [0.25, 0.3) is 0 Å². The van der Waals surface area contributed by atoms with Crippen molar-refractivity contribution in [3.63, 3.8) is 0 Å². The molecule has 35 heavy (non-hydrogen) atoms. The van der Waals surface area contributed by atoms with E-state index in [9.17, 15) is 9.59 Å². The Kier molecular flexibility index (Phi) is 9.78. The van der Waals surface area contributed by atoms with Crippen LogP contribution in [0.3, 0.4) is 0 Å². The molecule has 3 aromatic rings. The molecular weight excluding hydrogens is 442 g/mol. The number of benzene rings is 1. The van der Waals surface area contributed by atoms with Crippen LogP contribution in [0.5, 0.6) is 5.75 Å². The fourth-order valence-electron chi connectivity index (χ4n) is 3.99. The first-order valence-electron chi connectivity index (χ1n) is 12.4. The number of para-hydroxylation sites is 1. The number of aromatic amines is 1. The van der Waals surface area contributed by atoms with Gasteiger partial charge in [-0.1, -0.05) is 31.9 Å². The molecule has 0 bridgehead atoms. The summed E-state index contributed by atoms with van der Waals surface area (Å²) in [6, 6.07) is 9.51. The second kappa shape index (κ2) is 13.0. The number of carbonyl (C=O) groups excluding carboxylic acids is 2. The summed E-state index contributed by atoms with van der Waals surface area (Å²) < 4.78 is 5.58. The first kappa shape index (κ1) is 26.3. The number of methoxy groups -OCH3 is 1. The predicted molar refractivity (Wildman–Crippen MR) is 138 cm³/mol. The average Bonchev–Trinajstić information content (AvgIpc) is 3.36. The second-order valence-corrected chi connectivity index (χ2v) is 9.07. The maximum Gasteiger partial charge on any atom is 0.221 e. The minimum atomic E-state index is -0.234. The molecular formula is C27H37N5O3. The summed E-state index contributed by atoms with van der Waals surface area (Å²) in [5.41, 5.74) is 2.34. The summed E-state index contributed by atoms with van der Waals surface area (Å²) in [4.78, 5) is 38.9. The van der Waals surface area contributed by atoms with E-state index in [1.165, 1.54) is 0 Å². The largest absolute Gasteiger partial charge is 0.496 e. The fraction of sp³-hybridized carbons (Fsp3) is 0.481. The Morgan fingerprint density at radius 2 is 1.94 bits per heavy atom. The molecule has 0 unspecified atom stereocenters. The number of H-pyrrole nitrogens is 1. The molecule has 0 saturated heterocycles. The lowest BCUT2D eigenvalue weighted by Gasteiger charge is -2.18. The standard InChI is InChI=1S/C27H37N5O3/c1-5-19(33)11-7-6-8-14-22(30-26(34)15-16-32(2)3)27-28-18-24(31-27)23-17-25(35-4)20-12-9-10-13-21(20)29-23/h9-10,12-13,17-18,22H,5-8,11,14-16H2,1-4H3,(H,28,31)(H,30,34)/t22-/m0/s1. The third-order valence-electron chi connectivity index (χ3n) is 6.06. The van der Waals surface area contributed by atoms with Crippen LogP contribution < -0.4 is 10.1 Å². The lowest BCUT2D eigenvalue weighted by Crippen LogP contribution is -2.31. The highest BCUT2D eigenvalue weighted by Gasteiger charge is 2.19. The normalized spacial score (nSPS) is 12.1. The van der Waals surface area contributed by atoms with Crippen LogP contribution >= 0.6 is 0 Å². The van der Waals surface area contributed by atoms with Gasteiger partial charge in [-0.05, 0) is 39.1 Å². The van der Waals surface area contributed by atoms with Gasteiger partial charge in [0, 0.05) is 37.3 Å². The van der Waals surface area contributed by atoms with Crippen LogP contribution in [0, 0.1) is 0 Å². The van der Waals surface area contributed by atoms with E-state index in [0.717, 1.165) is 53.7 Å². The number of hydrogen-bond acceptors (Lipinski definition) is 6. The highest BCUT2D eigenvalue weighted by Crippen LogP contribution is 2.30. The Morgan fingerprint density at radius 3 is 2.69 bits per heavy atom. The molecule has 0 radical (unpaired) electrons. The molecule has 2 N–H and O–H groups in total. The number of ketones is 1. The molecule has 188 valence electrons. The van der Waals surface area contributed by atoms with Gasteiger partial charge in [-0.25, -0.2) is 9.97 Å². The van der Waals surface area contributed by atoms with Gasteiger partial charge in [0.2, 0.25) is 5.91 Å². The predicted octanol–water partition coefficient (Wildman–Crippen LogP) is 4.67. The number of imidazole rings is 1. The number of hydrogen-bond donors (Lipinski definition) is 2.